The van der Waals surface area contributed by atoms with Crippen molar-refractivity contribution in [2.75, 3.05) is 5.32 Å². The SMILES string of the molecule is Cn1nc2c(c1CC(=O)Nc1nc(-c3cccc(OC(F)(F)F)c3)cs1)c(=O)n(C)c(=O)n2C. The van der Waals surface area contributed by atoms with Crippen LogP contribution in [0, 0.1) is 0 Å². The topological polar surface area (TPSA) is 113 Å². The van der Waals surface area contributed by atoms with Gasteiger partial charge in [0.2, 0.25) is 5.91 Å². The summed E-state index contributed by atoms with van der Waals surface area (Å²) in [5.41, 5.74) is 0.106. The number of aromatic nitrogens is 5. The van der Waals surface area contributed by atoms with E-state index in [2.05, 4.69) is 20.1 Å². The average Bonchev–Trinajstić information content (AvgIpc) is 3.34. The molecule has 178 valence electrons. The minimum Gasteiger partial charge on any atom is -0.406 e. The summed E-state index contributed by atoms with van der Waals surface area (Å²) in [6.45, 7) is 0. The summed E-state index contributed by atoms with van der Waals surface area (Å²) in [7, 11) is 4.38. The van der Waals surface area contributed by atoms with E-state index in [4.69, 9.17) is 0 Å². The van der Waals surface area contributed by atoms with Crippen molar-refractivity contribution < 1.29 is 22.7 Å². The Labute approximate surface area is 192 Å². The smallest absolute Gasteiger partial charge is 0.406 e. The Morgan fingerprint density at radius 1 is 1.18 bits per heavy atom. The van der Waals surface area contributed by atoms with E-state index in [0.29, 0.717) is 17.0 Å². The number of hydrogen-bond acceptors (Lipinski definition) is 7. The van der Waals surface area contributed by atoms with Crippen molar-refractivity contribution in [1.82, 2.24) is 23.9 Å². The minimum atomic E-state index is -4.82. The van der Waals surface area contributed by atoms with E-state index in [1.807, 2.05) is 0 Å². The number of nitrogens with zero attached hydrogens (tertiary/aromatic N) is 5. The van der Waals surface area contributed by atoms with Crippen molar-refractivity contribution >= 4 is 33.4 Å². The molecule has 0 spiro atoms. The van der Waals surface area contributed by atoms with Crippen molar-refractivity contribution in [3.63, 3.8) is 0 Å². The summed E-state index contributed by atoms with van der Waals surface area (Å²) in [5, 5.41) is 8.76. The number of rotatable bonds is 5. The third-order valence-corrected chi connectivity index (χ3v) is 5.76. The highest BCUT2D eigenvalue weighted by atomic mass is 32.1. The first-order chi connectivity index (χ1) is 15.9. The maximum atomic E-state index is 12.7. The van der Waals surface area contributed by atoms with Crippen LogP contribution >= 0.6 is 11.3 Å². The quantitative estimate of drug-likeness (QED) is 0.455. The minimum absolute atomic E-state index is 0.156. The second kappa shape index (κ2) is 8.44. The van der Waals surface area contributed by atoms with Gasteiger partial charge >= 0.3 is 12.1 Å². The lowest BCUT2D eigenvalue weighted by Crippen LogP contribution is -2.37. The molecule has 34 heavy (non-hydrogen) atoms. The summed E-state index contributed by atoms with van der Waals surface area (Å²) < 4.78 is 44.9. The summed E-state index contributed by atoms with van der Waals surface area (Å²) in [4.78, 5) is 41.7. The summed E-state index contributed by atoms with van der Waals surface area (Å²) in [6.07, 6.45) is -5.03. The van der Waals surface area contributed by atoms with Gasteiger partial charge < -0.3 is 10.1 Å². The van der Waals surface area contributed by atoms with Gasteiger partial charge in [0, 0.05) is 32.1 Å². The average molecular weight is 494 g/mol. The zero-order valence-electron chi connectivity index (χ0n) is 18.0. The molecule has 0 aliphatic rings. The predicted octanol–water partition coefficient (Wildman–Crippen LogP) is 2.17. The van der Waals surface area contributed by atoms with Gasteiger partial charge in [0.05, 0.1) is 17.8 Å². The molecule has 1 N–H and O–H groups in total. The monoisotopic (exact) mass is 494 g/mol. The zero-order valence-corrected chi connectivity index (χ0v) is 18.8. The highest BCUT2D eigenvalue weighted by Gasteiger charge is 2.31. The van der Waals surface area contributed by atoms with Crippen LogP contribution in [-0.4, -0.2) is 36.2 Å². The molecule has 0 radical (unpaired) electrons. The van der Waals surface area contributed by atoms with Gasteiger partial charge in [0.25, 0.3) is 5.56 Å². The number of carbonyl (C=O) groups is 1. The predicted molar refractivity (Wildman–Crippen MR) is 118 cm³/mol. The molecule has 0 bridgehead atoms. The van der Waals surface area contributed by atoms with Gasteiger partial charge in [-0.1, -0.05) is 12.1 Å². The Bertz CT molecular complexity index is 1530. The number of thiazole rings is 1. The van der Waals surface area contributed by atoms with Gasteiger partial charge in [-0.25, -0.2) is 9.78 Å². The number of aryl methyl sites for hydroxylation is 2. The number of carbonyl (C=O) groups excluding carboxylic acids is 1. The first-order valence-corrected chi connectivity index (χ1v) is 10.6. The van der Waals surface area contributed by atoms with Gasteiger partial charge in [0.15, 0.2) is 10.8 Å². The normalized spacial score (nSPS) is 11.7. The second-order valence-electron chi connectivity index (χ2n) is 7.31. The van der Waals surface area contributed by atoms with Crippen LogP contribution in [0.5, 0.6) is 5.75 Å². The van der Waals surface area contributed by atoms with Gasteiger partial charge in [-0.3, -0.25) is 23.4 Å². The molecule has 0 atom stereocenters. The molecular formula is C20H17F3N6O4S. The first-order valence-electron chi connectivity index (χ1n) is 9.68. The Morgan fingerprint density at radius 2 is 1.91 bits per heavy atom. The fourth-order valence-electron chi connectivity index (χ4n) is 3.40. The van der Waals surface area contributed by atoms with Gasteiger partial charge in [0.1, 0.15) is 11.1 Å². The molecule has 0 fully saturated rings. The Kier molecular flexibility index (Phi) is 5.77. The number of hydrogen-bond donors (Lipinski definition) is 1. The van der Waals surface area contributed by atoms with E-state index >= 15 is 0 Å². The van der Waals surface area contributed by atoms with Gasteiger partial charge in [-0.2, -0.15) is 5.10 Å². The fraction of sp³-hybridized carbons (Fsp3) is 0.250. The van der Waals surface area contributed by atoms with Gasteiger partial charge in [-0.05, 0) is 12.1 Å². The lowest BCUT2D eigenvalue weighted by molar-refractivity contribution is -0.274. The molecule has 1 amide bonds. The number of alkyl halides is 3. The zero-order chi connectivity index (χ0) is 24.8. The molecular weight excluding hydrogens is 477 g/mol. The van der Waals surface area contributed by atoms with E-state index in [-0.39, 0.29) is 28.3 Å². The number of halogens is 3. The molecule has 3 heterocycles. The van der Waals surface area contributed by atoms with Crippen molar-refractivity contribution in [3.05, 3.63) is 56.2 Å². The standard InChI is InChI=1S/C20H17F3N6O4S/c1-27-16-15(17(31)28(2)19(27)32)13(29(3)26-16)8-14(30)25-18-24-12(9-34-18)10-5-4-6-11(7-10)33-20(21,22)23/h4-7,9H,8H2,1-3H3,(H,24,25,30). The van der Waals surface area contributed by atoms with Crippen molar-refractivity contribution in [1.29, 1.82) is 0 Å². The molecule has 4 aromatic rings. The molecule has 1 aromatic carbocycles. The lowest BCUT2D eigenvalue weighted by Gasteiger charge is -2.09. The Balaban J connectivity index is 1.56. The molecule has 4 rings (SSSR count). The van der Waals surface area contributed by atoms with Crippen LogP contribution in [0.1, 0.15) is 5.69 Å². The first kappa shape index (κ1) is 23.2. The van der Waals surface area contributed by atoms with E-state index < -0.39 is 23.5 Å². The Hall–Kier alpha value is -3.94. The maximum absolute atomic E-state index is 12.7. The van der Waals surface area contributed by atoms with Crippen LogP contribution in [0.2, 0.25) is 0 Å². The largest absolute Gasteiger partial charge is 0.573 e. The number of anilines is 1. The van der Waals surface area contributed by atoms with Crippen LogP contribution in [0.3, 0.4) is 0 Å². The maximum Gasteiger partial charge on any atom is 0.573 e. The van der Waals surface area contributed by atoms with Crippen molar-refractivity contribution in [3.8, 4) is 17.0 Å². The summed E-state index contributed by atoms with van der Waals surface area (Å²) >= 11 is 1.08. The molecule has 0 saturated carbocycles. The van der Waals surface area contributed by atoms with E-state index in [1.54, 1.807) is 18.5 Å². The molecule has 0 aliphatic carbocycles. The highest BCUT2D eigenvalue weighted by Crippen LogP contribution is 2.30. The molecule has 14 heteroatoms. The fourth-order valence-corrected chi connectivity index (χ4v) is 4.14. The van der Waals surface area contributed by atoms with Crippen LogP contribution in [0.25, 0.3) is 22.3 Å². The number of ether oxygens (including phenoxy) is 1. The Morgan fingerprint density at radius 3 is 2.62 bits per heavy atom. The summed E-state index contributed by atoms with van der Waals surface area (Å²) in [6, 6.07) is 5.32. The van der Waals surface area contributed by atoms with E-state index in [9.17, 15) is 27.6 Å². The van der Waals surface area contributed by atoms with Crippen molar-refractivity contribution in [2.45, 2.75) is 12.8 Å². The number of nitrogens with one attached hydrogen (secondary N) is 1. The van der Waals surface area contributed by atoms with E-state index in [0.717, 1.165) is 15.9 Å². The summed E-state index contributed by atoms with van der Waals surface area (Å²) in [5.74, 6) is -0.876. The number of fused-ring (bicyclic) bond motifs is 1. The van der Waals surface area contributed by atoms with Crippen LogP contribution in [0.15, 0.2) is 39.2 Å². The van der Waals surface area contributed by atoms with Gasteiger partial charge in [-0.15, -0.1) is 24.5 Å². The number of benzene rings is 1. The molecule has 10 nitrogen and oxygen atoms in total. The molecule has 0 aliphatic heterocycles. The van der Waals surface area contributed by atoms with Crippen LogP contribution in [-0.2, 0) is 32.4 Å². The van der Waals surface area contributed by atoms with Crippen molar-refractivity contribution in [2.24, 2.45) is 21.1 Å². The third kappa shape index (κ3) is 4.44. The third-order valence-electron chi connectivity index (χ3n) is 5.00. The highest BCUT2D eigenvalue weighted by molar-refractivity contribution is 7.14. The van der Waals surface area contributed by atoms with Crippen LogP contribution < -0.4 is 21.3 Å². The second-order valence-corrected chi connectivity index (χ2v) is 8.17. The molecule has 3 aromatic heterocycles. The van der Waals surface area contributed by atoms with Crippen LogP contribution in [0.4, 0.5) is 18.3 Å². The number of amides is 1. The lowest BCUT2D eigenvalue weighted by atomic mass is 10.2. The van der Waals surface area contributed by atoms with E-state index in [1.165, 1.54) is 41.5 Å². The molecule has 0 unspecified atom stereocenters. The molecule has 0 saturated heterocycles.